The van der Waals surface area contributed by atoms with Crippen molar-refractivity contribution in [3.63, 3.8) is 0 Å². The summed E-state index contributed by atoms with van der Waals surface area (Å²) in [6.45, 7) is 3.83. The number of nitriles is 1. The van der Waals surface area contributed by atoms with E-state index in [2.05, 4.69) is 11.0 Å². The van der Waals surface area contributed by atoms with Crippen LogP contribution in [0.15, 0.2) is 0 Å². The van der Waals surface area contributed by atoms with Gasteiger partial charge < -0.3 is 4.74 Å². The molecule has 0 aromatic rings. The molecule has 3 heteroatoms. The summed E-state index contributed by atoms with van der Waals surface area (Å²) in [5, 5.41) is 9.04. The van der Waals surface area contributed by atoms with E-state index in [1.54, 1.807) is 0 Å². The van der Waals surface area contributed by atoms with Gasteiger partial charge >= 0.3 is 0 Å². The Morgan fingerprint density at radius 3 is 2.32 bits per heavy atom. The zero-order valence-corrected chi connectivity index (χ0v) is 11.7. The highest BCUT2D eigenvalue weighted by Crippen LogP contribution is 2.60. The molecule has 19 heavy (non-hydrogen) atoms. The summed E-state index contributed by atoms with van der Waals surface area (Å²) in [4.78, 5) is 2.52. The predicted octanol–water partition coefficient (Wildman–Crippen LogP) is 2.43. The Labute approximate surface area is 115 Å². The third-order valence-electron chi connectivity index (χ3n) is 6.02. The molecule has 3 nitrogen and oxygen atoms in total. The second-order valence-corrected chi connectivity index (χ2v) is 7.64. The quantitative estimate of drug-likeness (QED) is 0.765. The molecule has 0 radical (unpaired) electrons. The summed E-state index contributed by atoms with van der Waals surface area (Å²) < 4.78 is 5.48. The van der Waals surface area contributed by atoms with Gasteiger partial charge in [-0.15, -0.1) is 0 Å². The van der Waals surface area contributed by atoms with Crippen molar-refractivity contribution in [3.8, 4) is 6.07 Å². The Morgan fingerprint density at radius 2 is 1.74 bits per heavy atom. The first-order valence-corrected chi connectivity index (χ1v) is 7.98. The lowest BCUT2D eigenvalue weighted by atomic mass is 9.49. The molecule has 1 aliphatic heterocycles. The topological polar surface area (TPSA) is 36.3 Å². The molecular formula is C16H24N2O. The summed E-state index contributed by atoms with van der Waals surface area (Å²) in [5.74, 6) is 3.08. The monoisotopic (exact) mass is 260 g/mol. The summed E-state index contributed by atoms with van der Waals surface area (Å²) in [6.07, 6.45) is 8.76. The van der Waals surface area contributed by atoms with Gasteiger partial charge in [-0.3, -0.25) is 4.90 Å². The fourth-order valence-electron chi connectivity index (χ4n) is 5.88. The zero-order valence-electron chi connectivity index (χ0n) is 11.7. The van der Waals surface area contributed by atoms with Crippen molar-refractivity contribution in [3.05, 3.63) is 0 Å². The molecule has 104 valence electrons. The Balaban J connectivity index is 1.46. The van der Waals surface area contributed by atoms with Gasteiger partial charge in [-0.2, -0.15) is 5.26 Å². The van der Waals surface area contributed by atoms with Gasteiger partial charge in [0.1, 0.15) is 0 Å². The van der Waals surface area contributed by atoms with Gasteiger partial charge in [-0.25, -0.2) is 0 Å². The molecule has 4 saturated carbocycles. The van der Waals surface area contributed by atoms with Crippen molar-refractivity contribution in [2.24, 2.45) is 23.2 Å². The number of rotatable bonds is 2. The van der Waals surface area contributed by atoms with E-state index >= 15 is 0 Å². The first-order valence-electron chi connectivity index (χ1n) is 7.98. The van der Waals surface area contributed by atoms with E-state index < -0.39 is 0 Å². The standard InChI is InChI=1S/C16H24N2O/c17-9-15-10-18(1-2-19-15)11-16-6-12-3-13(7-16)5-14(4-12)8-16/h12-15H,1-8,10-11H2. The van der Waals surface area contributed by atoms with Crippen molar-refractivity contribution in [2.75, 3.05) is 26.2 Å². The summed E-state index contributed by atoms with van der Waals surface area (Å²) in [6, 6.07) is 2.28. The highest BCUT2D eigenvalue weighted by atomic mass is 16.5. The van der Waals surface area contributed by atoms with E-state index in [0.29, 0.717) is 5.41 Å². The van der Waals surface area contributed by atoms with Gasteiger partial charge in [0.2, 0.25) is 0 Å². The van der Waals surface area contributed by atoms with E-state index in [1.165, 1.54) is 45.1 Å². The summed E-state index contributed by atoms with van der Waals surface area (Å²) in [7, 11) is 0. The molecule has 5 aliphatic rings. The van der Waals surface area contributed by atoms with Crippen molar-refractivity contribution in [1.29, 1.82) is 5.26 Å². The molecule has 4 bridgehead atoms. The molecule has 0 N–H and O–H groups in total. The first kappa shape index (κ1) is 12.2. The highest BCUT2D eigenvalue weighted by molar-refractivity contribution is 5.03. The van der Waals surface area contributed by atoms with Gasteiger partial charge in [0.05, 0.1) is 12.7 Å². The average Bonchev–Trinajstić information content (AvgIpc) is 2.36. The first-order chi connectivity index (χ1) is 9.25. The van der Waals surface area contributed by atoms with Crippen LogP contribution in [0.25, 0.3) is 0 Å². The van der Waals surface area contributed by atoms with Crippen LogP contribution in [0.3, 0.4) is 0 Å². The maximum Gasteiger partial charge on any atom is 0.156 e. The summed E-state index contributed by atoms with van der Waals surface area (Å²) in [5.41, 5.74) is 0.603. The zero-order chi connectivity index (χ0) is 12.9. The van der Waals surface area contributed by atoms with Crippen LogP contribution in [0, 0.1) is 34.5 Å². The van der Waals surface area contributed by atoms with E-state index in [1.807, 2.05) is 0 Å². The van der Waals surface area contributed by atoms with Crippen LogP contribution < -0.4 is 0 Å². The molecule has 0 aromatic heterocycles. The predicted molar refractivity (Wildman–Crippen MR) is 72.4 cm³/mol. The molecular weight excluding hydrogens is 236 g/mol. The van der Waals surface area contributed by atoms with Crippen LogP contribution in [0.1, 0.15) is 38.5 Å². The van der Waals surface area contributed by atoms with Crippen molar-refractivity contribution >= 4 is 0 Å². The molecule has 0 amide bonds. The highest BCUT2D eigenvalue weighted by Gasteiger charge is 2.51. The molecule has 4 aliphatic carbocycles. The minimum atomic E-state index is -0.192. The number of hydrogen-bond donors (Lipinski definition) is 0. The van der Waals surface area contributed by atoms with Crippen LogP contribution in [0.5, 0.6) is 0 Å². The lowest BCUT2D eigenvalue weighted by Gasteiger charge is -2.58. The summed E-state index contributed by atoms with van der Waals surface area (Å²) >= 11 is 0. The Hall–Kier alpha value is -0.590. The van der Waals surface area contributed by atoms with Crippen molar-refractivity contribution in [2.45, 2.75) is 44.6 Å². The minimum absolute atomic E-state index is 0.192. The van der Waals surface area contributed by atoms with E-state index in [0.717, 1.165) is 37.5 Å². The Bertz CT molecular complexity index is 365. The SMILES string of the molecule is N#CC1CN(CC23CC4CC(CC(C4)C2)C3)CCO1. The molecule has 5 fully saturated rings. The van der Waals surface area contributed by atoms with E-state index in [4.69, 9.17) is 10.00 Å². The third-order valence-corrected chi connectivity index (χ3v) is 6.02. The van der Waals surface area contributed by atoms with E-state index in [-0.39, 0.29) is 6.10 Å². The molecule has 5 rings (SSSR count). The number of morpholine rings is 1. The van der Waals surface area contributed by atoms with Gasteiger partial charge in [0, 0.05) is 19.6 Å². The second-order valence-electron chi connectivity index (χ2n) is 7.64. The van der Waals surface area contributed by atoms with Crippen molar-refractivity contribution < 1.29 is 4.74 Å². The lowest BCUT2D eigenvalue weighted by Crippen LogP contribution is -2.53. The molecule has 1 saturated heterocycles. The minimum Gasteiger partial charge on any atom is -0.361 e. The van der Waals surface area contributed by atoms with Crippen LogP contribution >= 0.6 is 0 Å². The Morgan fingerprint density at radius 1 is 1.11 bits per heavy atom. The molecule has 0 spiro atoms. The number of hydrogen-bond acceptors (Lipinski definition) is 3. The van der Waals surface area contributed by atoms with Gasteiger partial charge in [-0.05, 0) is 61.7 Å². The Kier molecular flexibility index (Phi) is 2.86. The van der Waals surface area contributed by atoms with Gasteiger partial charge in [-0.1, -0.05) is 0 Å². The van der Waals surface area contributed by atoms with Crippen LogP contribution in [0.4, 0.5) is 0 Å². The smallest absolute Gasteiger partial charge is 0.156 e. The second kappa shape index (κ2) is 4.46. The molecule has 1 unspecified atom stereocenters. The fraction of sp³-hybridized carbons (Fsp3) is 0.938. The van der Waals surface area contributed by atoms with Crippen molar-refractivity contribution in [1.82, 2.24) is 4.90 Å². The maximum absolute atomic E-state index is 9.04. The average molecular weight is 260 g/mol. The lowest BCUT2D eigenvalue weighted by molar-refractivity contribution is -0.0869. The number of ether oxygens (including phenoxy) is 1. The van der Waals surface area contributed by atoms with Crippen LogP contribution in [-0.4, -0.2) is 37.2 Å². The van der Waals surface area contributed by atoms with Gasteiger partial charge in [0.15, 0.2) is 6.10 Å². The molecule has 1 heterocycles. The van der Waals surface area contributed by atoms with Gasteiger partial charge in [0.25, 0.3) is 0 Å². The van der Waals surface area contributed by atoms with Crippen LogP contribution in [-0.2, 0) is 4.74 Å². The third kappa shape index (κ3) is 2.19. The largest absolute Gasteiger partial charge is 0.361 e. The van der Waals surface area contributed by atoms with E-state index in [9.17, 15) is 0 Å². The molecule has 1 atom stereocenters. The number of nitrogens with zero attached hydrogens (tertiary/aromatic N) is 2. The fourth-order valence-corrected chi connectivity index (χ4v) is 5.88. The maximum atomic E-state index is 9.04. The van der Waals surface area contributed by atoms with Crippen LogP contribution in [0.2, 0.25) is 0 Å². The normalized spacial score (nSPS) is 49.2. The molecule has 0 aromatic carbocycles.